The van der Waals surface area contributed by atoms with Crippen molar-refractivity contribution in [2.24, 2.45) is 23.7 Å². The summed E-state index contributed by atoms with van der Waals surface area (Å²) in [6.45, 7) is 2.16. The first-order chi connectivity index (χ1) is 10.7. The van der Waals surface area contributed by atoms with Gasteiger partial charge < -0.3 is 10.1 Å². The highest BCUT2D eigenvalue weighted by Crippen LogP contribution is 2.58. The van der Waals surface area contributed by atoms with Crippen LogP contribution in [0.1, 0.15) is 37.7 Å². The first kappa shape index (κ1) is 14.1. The molecule has 0 aromatic heterocycles. The van der Waals surface area contributed by atoms with Gasteiger partial charge in [0.05, 0.1) is 0 Å². The monoisotopic (exact) mass is 299 g/mol. The molecule has 118 valence electrons. The molecule has 3 aliphatic carbocycles. The summed E-state index contributed by atoms with van der Waals surface area (Å²) in [7, 11) is 0. The van der Waals surface area contributed by atoms with E-state index in [1.165, 1.54) is 32.1 Å². The van der Waals surface area contributed by atoms with Crippen molar-refractivity contribution < 1.29 is 9.53 Å². The van der Waals surface area contributed by atoms with E-state index in [-0.39, 0.29) is 12.5 Å². The number of benzene rings is 1. The van der Waals surface area contributed by atoms with Gasteiger partial charge in [-0.05, 0) is 74.0 Å². The average molecular weight is 299 g/mol. The van der Waals surface area contributed by atoms with E-state index in [1.54, 1.807) is 0 Å². The first-order valence-corrected chi connectivity index (χ1v) is 8.69. The fourth-order valence-electron chi connectivity index (χ4n) is 5.34. The van der Waals surface area contributed by atoms with Crippen LogP contribution in [0.15, 0.2) is 24.3 Å². The van der Waals surface area contributed by atoms with Crippen molar-refractivity contribution in [2.45, 2.75) is 45.1 Å². The lowest BCUT2D eigenvalue weighted by atomic mass is 9.79. The van der Waals surface area contributed by atoms with Gasteiger partial charge >= 0.3 is 0 Å². The van der Waals surface area contributed by atoms with E-state index >= 15 is 0 Å². The highest BCUT2D eigenvalue weighted by Gasteiger charge is 2.53. The van der Waals surface area contributed by atoms with Crippen LogP contribution in [-0.2, 0) is 4.79 Å². The number of amides is 1. The van der Waals surface area contributed by atoms with Gasteiger partial charge in [0.2, 0.25) is 0 Å². The van der Waals surface area contributed by atoms with Crippen molar-refractivity contribution >= 4 is 5.91 Å². The lowest BCUT2D eigenvalue weighted by molar-refractivity contribution is -0.124. The van der Waals surface area contributed by atoms with Crippen molar-refractivity contribution in [3.63, 3.8) is 0 Å². The molecule has 1 amide bonds. The Hall–Kier alpha value is -1.51. The zero-order valence-corrected chi connectivity index (χ0v) is 13.3. The second-order valence-electron chi connectivity index (χ2n) is 7.43. The first-order valence-electron chi connectivity index (χ1n) is 8.69. The van der Waals surface area contributed by atoms with Gasteiger partial charge in [-0.25, -0.2) is 0 Å². The summed E-state index contributed by atoms with van der Waals surface area (Å²) in [4.78, 5) is 12.2. The Balaban J connectivity index is 1.30. The molecule has 1 aromatic rings. The van der Waals surface area contributed by atoms with Crippen LogP contribution in [0, 0.1) is 30.6 Å². The molecule has 3 fully saturated rings. The van der Waals surface area contributed by atoms with Gasteiger partial charge in [0.1, 0.15) is 5.75 Å². The Morgan fingerprint density at radius 3 is 2.95 bits per heavy atom. The largest absolute Gasteiger partial charge is 0.484 e. The van der Waals surface area contributed by atoms with E-state index in [0.717, 1.165) is 35.0 Å². The van der Waals surface area contributed by atoms with Gasteiger partial charge in [0.25, 0.3) is 5.91 Å². The smallest absolute Gasteiger partial charge is 0.258 e. The van der Waals surface area contributed by atoms with Gasteiger partial charge in [0, 0.05) is 6.04 Å². The maximum atomic E-state index is 12.2. The predicted octanol–water partition coefficient (Wildman–Crippen LogP) is 3.31. The Labute approximate surface area is 132 Å². The normalized spacial score (nSPS) is 35.4. The van der Waals surface area contributed by atoms with Gasteiger partial charge in [-0.2, -0.15) is 0 Å². The molecule has 3 nitrogen and oxygen atoms in total. The summed E-state index contributed by atoms with van der Waals surface area (Å²) in [6.07, 6.45) is 6.77. The summed E-state index contributed by atoms with van der Waals surface area (Å²) in [5, 5.41) is 3.24. The van der Waals surface area contributed by atoms with E-state index in [1.807, 2.05) is 31.2 Å². The molecule has 0 saturated heterocycles. The van der Waals surface area contributed by atoms with Crippen LogP contribution in [0.5, 0.6) is 5.75 Å². The number of carbonyl (C=O) groups excluding carboxylic acids is 1. The third kappa shape index (κ3) is 2.51. The second kappa shape index (κ2) is 5.60. The van der Waals surface area contributed by atoms with Crippen LogP contribution in [-0.4, -0.2) is 18.6 Å². The molecule has 5 unspecified atom stereocenters. The van der Waals surface area contributed by atoms with Crippen LogP contribution >= 0.6 is 0 Å². The zero-order chi connectivity index (χ0) is 15.1. The summed E-state index contributed by atoms with van der Waals surface area (Å²) >= 11 is 0. The third-order valence-electron chi connectivity index (χ3n) is 6.13. The number of rotatable bonds is 4. The summed E-state index contributed by atoms with van der Waals surface area (Å²) < 4.78 is 5.61. The average Bonchev–Trinajstić information content (AvgIpc) is 3.17. The minimum absolute atomic E-state index is 0.0357. The quantitative estimate of drug-likeness (QED) is 0.926. The molecule has 0 spiro atoms. The van der Waals surface area contributed by atoms with Crippen molar-refractivity contribution in [3.05, 3.63) is 29.8 Å². The van der Waals surface area contributed by atoms with E-state index in [2.05, 4.69) is 5.32 Å². The van der Waals surface area contributed by atoms with Crippen molar-refractivity contribution in [1.29, 1.82) is 0 Å². The molecule has 2 bridgehead atoms. The number of nitrogens with one attached hydrogen (secondary N) is 1. The van der Waals surface area contributed by atoms with E-state index in [0.29, 0.717) is 6.04 Å². The number of carbonyl (C=O) groups is 1. The number of hydrogen-bond acceptors (Lipinski definition) is 2. The SMILES string of the molecule is Cc1cccc(OCC(=O)NC2CC3CC2C2CCCC32)c1. The highest BCUT2D eigenvalue weighted by molar-refractivity contribution is 5.78. The van der Waals surface area contributed by atoms with Crippen molar-refractivity contribution in [3.8, 4) is 5.75 Å². The van der Waals surface area contributed by atoms with Crippen molar-refractivity contribution in [2.75, 3.05) is 6.61 Å². The summed E-state index contributed by atoms with van der Waals surface area (Å²) in [6, 6.07) is 8.26. The zero-order valence-electron chi connectivity index (χ0n) is 13.3. The second-order valence-corrected chi connectivity index (χ2v) is 7.43. The lowest BCUT2D eigenvalue weighted by Gasteiger charge is -2.32. The molecule has 0 radical (unpaired) electrons. The maximum absolute atomic E-state index is 12.2. The van der Waals surface area contributed by atoms with E-state index in [4.69, 9.17) is 4.74 Å². The molecule has 1 aromatic carbocycles. The molecule has 3 heteroatoms. The Morgan fingerprint density at radius 2 is 2.09 bits per heavy atom. The molecular formula is C19H25NO2. The van der Waals surface area contributed by atoms with Gasteiger partial charge in [0.15, 0.2) is 6.61 Å². The fourth-order valence-corrected chi connectivity index (χ4v) is 5.34. The van der Waals surface area contributed by atoms with E-state index in [9.17, 15) is 4.79 Å². The van der Waals surface area contributed by atoms with Crippen LogP contribution in [0.25, 0.3) is 0 Å². The predicted molar refractivity (Wildman–Crippen MR) is 85.6 cm³/mol. The maximum Gasteiger partial charge on any atom is 0.258 e. The Morgan fingerprint density at radius 1 is 1.23 bits per heavy atom. The molecule has 3 aliphatic rings. The molecule has 1 N–H and O–H groups in total. The van der Waals surface area contributed by atoms with E-state index < -0.39 is 0 Å². The van der Waals surface area contributed by atoms with Crippen LogP contribution in [0.4, 0.5) is 0 Å². The van der Waals surface area contributed by atoms with Gasteiger partial charge in [-0.1, -0.05) is 18.6 Å². The molecular weight excluding hydrogens is 274 g/mol. The minimum atomic E-state index is 0.0357. The summed E-state index contributed by atoms with van der Waals surface area (Å²) in [5.74, 6) is 4.29. The number of fused-ring (bicyclic) bond motifs is 5. The van der Waals surface area contributed by atoms with Crippen molar-refractivity contribution in [1.82, 2.24) is 5.32 Å². The third-order valence-corrected chi connectivity index (χ3v) is 6.13. The number of aryl methyl sites for hydroxylation is 1. The van der Waals surface area contributed by atoms with Gasteiger partial charge in [-0.15, -0.1) is 0 Å². The molecule has 4 rings (SSSR count). The van der Waals surface area contributed by atoms with Crippen LogP contribution in [0.3, 0.4) is 0 Å². The minimum Gasteiger partial charge on any atom is -0.484 e. The number of ether oxygens (including phenoxy) is 1. The molecule has 5 atom stereocenters. The van der Waals surface area contributed by atoms with Gasteiger partial charge in [-0.3, -0.25) is 4.79 Å². The Bertz CT molecular complexity index is 570. The van der Waals surface area contributed by atoms with Crippen LogP contribution < -0.4 is 10.1 Å². The standard InChI is InChI=1S/C19H25NO2/c1-12-4-2-5-14(8-12)22-11-19(21)20-18-10-13-9-17(18)16-7-3-6-15(13)16/h2,4-5,8,13,15-18H,3,6-7,9-11H2,1H3,(H,20,21). The molecule has 0 aliphatic heterocycles. The molecule has 22 heavy (non-hydrogen) atoms. The molecule has 3 saturated carbocycles. The lowest BCUT2D eigenvalue weighted by Crippen LogP contribution is -2.44. The Kier molecular flexibility index (Phi) is 3.59. The number of hydrogen-bond donors (Lipinski definition) is 1. The molecule has 0 heterocycles. The van der Waals surface area contributed by atoms with Crippen LogP contribution in [0.2, 0.25) is 0 Å². The topological polar surface area (TPSA) is 38.3 Å². The highest BCUT2D eigenvalue weighted by atomic mass is 16.5. The fraction of sp³-hybridized carbons (Fsp3) is 0.632. The summed E-state index contributed by atoms with van der Waals surface area (Å²) in [5.41, 5.74) is 1.15.